The third kappa shape index (κ3) is 2.04. The van der Waals surface area contributed by atoms with Crippen molar-refractivity contribution in [3.05, 3.63) is 35.4 Å². The molecule has 13 heavy (non-hydrogen) atoms. The molecule has 0 spiro atoms. The van der Waals surface area contributed by atoms with E-state index in [1.165, 1.54) is 18.4 Å². The van der Waals surface area contributed by atoms with Crippen LogP contribution in [0.4, 0.5) is 0 Å². The molecular formula is C11H11NO. The molecule has 0 radical (unpaired) electrons. The van der Waals surface area contributed by atoms with Crippen LogP contribution in [0.2, 0.25) is 0 Å². The molecule has 2 rings (SSSR count). The number of hydrogen-bond donors (Lipinski definition) is 0. The van der Waals surface area contributed by atoms with Gasteiger partial charge in [0.1, 0.15) is 0 Å². The molecule has 2 nitrogen and oxygen atoms in total. The van der Waals surface area contributed by atoms with E-state index in [0.717, 1.165) is 11.5 Å². The van der Waals surface area contributed by atoms with Crippen molar-refractivity contribution in [3.63, 3.8) is 0 Å². The van der Waals surface area contributed by atoms with Crippen LogP contribution < -0.4 is 0 Å². The largest absolute Gasteiger partial charge is 0.235 e. The zero-order valence-corrected chi connectivity index (χ0v) is 7.36. The van der Waals surface area contributed by atoms with Gasteiger partial charge in [-0.2, -0.15) is 0 Å². The molecular weight excluding hydrogens is 162 g/mol. The maximum absolute atomic E-state index is 9.92. The summed E-state index contributed by atoms with van der Waals surface area (Å²) in [5, 5.41) is 0. The van der Waals surface area contributed by atoms with Crippen LogP contribution >= 0.6 is 0 Å². The number of carbonyl (C=O) groups excluding carboxylic acids is 1. The van der Waals surface area contributed by atoms with Gasteiger partial charge in [0, 0.05) is 0 Å². The van der Waals surface area contributed by atoms with E-state index in [0.29, 0.717) is 6.54 Å². The van der Waals surface area contributed by atoms with Gasteiger partial charge in [0.15, 0.2) is 0 Å². The molecule has 0 aliphatic heterocycles. The summed E-state index contributed by atoms with van der Waals surface area (Å²) in [7, 11) is 0. The lowest BCUT2D eigenvalue weighted by Crippen LogP contribution is -1.84. The molecule has 0 aromatic heterocycles. The van der Waals surface area contributed by atoms with E-state index in [-0.39, 0.29) is 0 Å². The fourth-order valence-corrected chi connectivity index (χ4v) is 1.49. The van der Waals surface area contributed by atoms with Gasteiger partial charge >= 0.3 is 0 Å². The van der Waals surface area contributed by atoms with E-state index in [1.54, 1.807) is 6.08 Å². The van der Waals surface area contributed by atoms with Crippen LogP contribution in [0.3, 0.4) is 0 Å². The second-order valence-corrected chi connectivity index (χ2v) is 3.43. The SMILES string of the molecule is O=C=NCc1cccc(C2CC2)c1. The summed E-state index contributed by atoms with van der Waals surface area (Å²) in [5.74, 6) is 0.764. The highest BCUT2D eigenvalue weighted by Gasteiger charge is 2.23. The number of nitrogens with zero attached hydrogens (tertiary/aromatic N) is 1. The first-order valence-electron chi connectivity index (χ1n) is 4.52. The lowest BCUT2D eigenvalue weighted by atomic mass is 10.1. The Kier molecular flexibility index (Phi) is 2.24. The number of hydrogen-bond acceptors (Lipinski definition) is 2. The molecule has 0 unspecified atom stereocenters. The molecule has 1 fully saturated rings. The number of isocyanates is 1. The molecule has 0 bridgehead atoms. The number of benzene rings is 1. The fraction of sp³-hybridized carbons (Fsp3) is 0.364. The molecule has 0 heterocycles. The monoisotopic (exact) mass is 173 g/mol. The van der Waals surface area contributed by atoms with Crippen molar-refractivity contribution >= 4 is 6.08 Å². The van der Waals surface area contributed by atoms with Gasteiger partial charge in [-0.1, -0.05) is 24.3 Å². The highest BCUT2D eigenvalue weighted by molar-refractivity contribution is 5.35. The predicted molar refractivity (Wildman–Crippen MR) is 50.2 cm³/mol. The van der Waals surface area contributed by atoms with Gasteiger partial charge in [-0.15, -0.1) is 0 Å². The summed E-state index contributed by atoms with van der Waals surface area (Å²) in [4.78, 5) is 13.5. The Morgan fingerprint density at radius 3 is 3.00 bits per heavy atom. The predicted octanol–water partition coefficient (Wildman–Crippen LogP) is 2.40. The summed E-state index contributed by atoms with van der Waals surface area (Å²) in [5.41, 5.74) is 2.49. The molecule has 0 N–H and O–H groups in total. The Hall–Kier alpha value is -1.40. The summed E-state index contributed by atoms with van der Waals surface area (Å²) in [6.07, 6.45) is 4.17. The topological polar surface area (TPSA) is 29.4 Å². The molecule has 66 valence electrons. The van der Waals surface area contributed by atoms with Crippen molar-refractivity contribution in [2.45, 2.75) is 25.3 Å². The van der Waals surface area contributed by atoms with Gasteiger partial charge in [0.25, 0.3) is 0 Å². The number of aliphatic imine (C=N–C) groups is 1. The summed E-state index contributed by atoms with van der Waals surface area (Å²) < 4.78 is 0. The van der Waals surface area contributed by atoms with Gasteiger partial charge < -0.3 is 0 Å². The zero-order valence-electron chi connectivity index (χ0n) is 7.36. The normalized spacial score (nSPS) is 15.1. The molecule has 1 saturated carbocycles. The average molecular weight is 173 g/mol. The Balaban J connectivity index is 2.16. The van der Waals surface area contributed by atoms with E-state index in [9.17, 15) is 4.79 Å². The van der Waals surface area contributed by atoms with Crippen molar-refractivity contribution in [1.82, 2.24) is 0 Å². The van der Waals surface area contributed by atoms with Gasteiger partial charge in [0.2, 0.25) is 6.08 Å². The quantitative estimate of drug-likeness (QED) is 0.509. The lowest BCUT2D eigenvalue weighted by molar-refractivity contribution is 0.563. The minimum Gasteiger partial charge on any atom is -0.211 e. The standard InChI is InChI=1S/C11H11NO/c13-8-12-7-9-2-1-3-11(6-9)10-4-5-10/h1-3,6,10H,4-5,7H2. The maximum atomic E-state index is 9.92. The molecule has 0 amide bonds. The molecule has 2 heteroatoms. The molecule has 1 aromatic rings. The smallest absolute Gasteiger partial charge is 0.211 e. The van der Waals surface area contributed by atoms with Crippen LogP contribution in [0, 0.1) is 0 Å². The second kappa shape index (κ2) is 3.55. The molecule has 0 saturated heterocycles. The first-order valence-corrected chi connectivity index (χ1v) is 4.52. The highest BCUT2D eigenvalue weighted by Crippen LogP contribution is 2.40. The van der Waals surface area contributed by atoms with Crippen LogP contribution in [0.1, 0.15) is 29.9 Å². The van der Waals surface area contributed by atoms with Crippen molar-refractivity contribution in [1.29, 1.82) is 0 Å². The minimum absolute atomic E-state index is 0.462. The maximum Gasteiger partial charge on any atom is 0.235 e. The van der Waals surface area contributed by atoms with E-state index >= 15 is 0 Å². The van der Waals surface area contributed by atoms with Crippen molar-refractivity contribution in [2.75, 3.05) is 0 Å². The minimum atomic E-state index is 0.462. The first kappa shape index (κ1) is 8.21. The van der Waals surface area contributed by atoms with Gasteiger partial charge in [-0.3, -0.25) is 0 Å². The fourth-order valence-electron chi connectivity index (χ4n) is 1.49. The first-order chi connectivity index (χ1) is 6.40. The van der Waals surface area contributed by atoms with E-state index in [2.05, 4.69) is 17.1 Å². The van der Waals surface area contributed by atoms with Crippen molar-refractivity contribution in [3.8, 4) is 0 Å². The number of rotatable bonds is 3. The molecule has 1 aliphatic carbocycles. The van der Waals surface area contributed by atoms with E-state index < -0.39 is 0 Å². The summed E-state index contributed by atoms with van der Waals surface area (Å²) in [6.45, 7) is 0.462. The van der Waals surface area contributed by atoms with Crippen LogP contribution in [0.15, 0.2) is 29.3 Å². The van der Waals surface area contributed by atoms with Crippen molar-refractivity contribution < 1.29 is 4.79 Å². The second-order valence-electron chi connectivity index (χ2n) is 3.43. The average Bonchev–Trinajstić information content (AvgIpc) is 2.98. The molecule has 0 atom stereocenters. The van der Waals surface area contributed by atoms with Crippen molar-refractivity contribution in [2.24, 2.45) is 4.99 Å². The van der Waals surface area contributed by atoms with E-state index in [1.807, 2.05) is 12.1 Å². The van der Waals surface area contributed by atoms with Crippen LogP contribution in [-0.2, 0) is 11.3 Å². The van der Waals surface area contributed by atoms with Crippen LogP contribution in [-0.4, -0.2) is 6.08 Å². The molecule has 1 aromatic carbocycles. The molecule has 1 aliphatic rings. The summed E-state index contributed by atoms with van der Waals surface area (Å²) in [6, 6.07) is 8.31. The van der Waals surface area contributed by atoms with Gasteiger partial charge in [-0.05, 0) is 29.9 Å². The highest BCUT2D eigenvalue weighted by atomic mass is 16.1. The van der Waals surface area contributed by atoms with Crippen LogP contribution in [0.25, 0.3) is 0 Å². The Morgan fingerprint density at radius 2 is 2.31 bits per heavy atom. The lowest BCUT2D eigenvalue weighted by Gasteiger charge is -1.99. The Labute approximate surface area is 77.3 Å². The third-order valence-corrected chi connectivity index (χ3v) is 2.33. The zero-order chi connectivity index (χ0) is 9.10. The van der Waals surface area contributed by atoms with Gasteiger partial charge in [0.05, 0.1) is 6.54 Å². The van der Waals surface area contributed by atoms with E-state index in [4.69, 9.17) is 0 Å². The van der Waals surface area contributed by atoms with Crippen LogP contribution in [0.5, 0.6) is 0 Å². The Morgan fingerprint density at radius 1 is 1.46 bits per heavy atom. The third-order valence-electron chi connectivity index (χ3n) is 2.33. The Bertz CT molecular complexity index is 349. The van der Waals surface area contributed by atoms with Gasteiger partial charge in [-0.25, -0.2) is 9.79 Å². The summed E-state index contributed by atoms with van der Waals surface area (Å²) >= 11 is 0.